The Balaban J connectivity index is 3.10. The molecule has 1 atom stereocenters. The van der Waals surface area contributed by atoms with Gasteiger partial charge < -0.3 is 0 Å². The number of rotatable bonds is 2. The van der Waals surface area contributed by atoms with Crippen LogP contribution in [0.2, 0.25) is 29.6 Å². The molecule has 0 heterocycles. The third-order valence-electron chi connectivity index (χ3n) is 3.43. The van der Waals surface area contributed by atoms with Gasteiger partial charge in [0.1, 0.15) is 0 Å². The van der Waals surface area contributed by atoms with Gasteiger partial charge in [-0.3, -0.25) is 0 Å². The van der Waals surface area contributed by atoms with Crippen LogP contribution in [0.5, 0.6) is 0 Å². The van der Waals surface area contributed by atoms with Crippen LogP contribution < -0.4 is 5.73 Å². The Labute approximate surface area is 103 Å². The Morgan fingerprint density at radius 2 is 1.67 bits per heavy atom. The van der Waals surface area contributed by atoms with Crippen LogP contribution in [-0.2, 0) is 0 Å². The van der Waals surface area contributed by atoms with E-state index in [1.54, 1.807) is 3.59 Å². The van der Waals surface area contributed by atoms with Gasteiger partial charge in [-0.05, 0) is 0 Å². The van der Waals surface area contributed by atoms with E-state index in [9.17, 15) is 0 Å². The summed E-state index contributed by atoms with van der Waals surface area (Å²) in [5.74, 6) is 0. The second-order valence-corrected chi connectivity index (χ2v) is 36.7. The molecule has 3 heteroatoms. The van der Waals surface area contributed by atoms with Gasteiger partial charge in [0.25, 0.3) is 0 Å². The van der Waals surface area contributed by atoms with Crippen molar-refractivity contribution >= 4 is 36.8 Å². The number of allylic oxidation sites excluding steroid dienone is 2. The molecular formula is C12H25NSn2. The van der Waals surface area contributed by atoms with Crippen molar-refractivity contribution in [3.8, 4) is 0 Å². The average Bonchev–Trinajstić information content (AvgIpc) is 2.00. The third kappa shape index (κ3) is 3.25. The summed E-state index contributed by atoms with van der Waals surface area (Å²) < 4.78 is 1.67. The van der Waals surface area contributed by atoms with Gasteiger partial charge >= 0.3 is 104 Å². The van der Waals surface area contributed by atoms with Gasteiger partial charge in [0.2, 0.25) is 0 Å². The van der Waals surface area contributed by atoms with Gasteiger partial charge in [0, 0.05) is 0 Å². The molecule has 0 saturated heterocycles. The van der Waals surface area contributed by atoms with E-state index in [-0.39, 0.29) is 3.55 Å². The Bertz CT molecular complexity index is 305. The van der Waals surface area contributed by atoms with E-state index in [1.807, 2.05) is 0 Å². The molecule has 1 nitrogen and oxygen atoms in total. The molecule has 0 aromatic carbocycles. The third-order valence-corrected chi connectivity index (χ3v) is 18.2. The molecule has 0 aliphatic heterocycles. The number of nitrogens with two attached hydrogens (primary N) is 1. The van der Waals surface area contributed by atoms with Crippen molar-refractivity contribution in [3.63, 3.8) is 0 Å². The van der Waals surface area contributed by atoms with Crippen LogP contribution >= 0.6 is 0 Å². The van der Waals surface area contributed by atoms with Crippen LogP contribution in [0.25, 0.3) is 0 Å². The molecule has 0 fully saturated rings. The minimum atomic E-state index is -2.06. The SMILES string of the molecule is [CH3][Sn]([CH3])([CH3])[C]1=C[C](N)([Sn]([CH3])([CH3])[CH3])CC=C1. The molecule has 0 saturated carbocycles. The van der Waals surface area contributed by atoms with Crippen molar-refractivity contribution in [2.45, 2.75) is 39.6 Å². The summed E-state index contributed by atoms with van der Waals surface area (Å²) >= 11 is -3.98. The van der Waals surface area contributed by atoms with Gasteiger partial charge in [0.05, 0.1) is 0 Å². The molecule has 0 amide bonds. The summed E-state index contributed by atoms with van der Waals surface area (Å²) in [5.41, 5.74) is 6.62. The Hall–Kier alpha value is 1.04. The Kier molecular flexibility index (Phi) is 4.11. The summed E-state index contributed by atoms with van der Waals surface area (Å²) in [6.07, 6.45) is 8.19. The molecule has 1 unspecified atom stereocenters. The van der Waals surface area contributed by atoms with Gasteiger partial charge in [-0.2, -0.15) is 0 Å². The fourth-order valence-corrected chi connectivity index (χ4v) is 10.4. The molecule has 1 rings (SSSR count). The average molecular weight is 421 g/mol. The standard InChI is InChI=1S/C6H7N.6CH3.2Sn/c7-6-4-2-1-3-5-6;;;;;;;;/h1-2,5H,4,7H2;6*1H3;;. The first-order chi connectivity index (χ1) is 6.56. The summed E-state index contributed by atoms with van der Waals surface area (Å²) in [6, 6.07) is 0. The summed E-state index contributed by atoms with van der Waals surface area (Å²) in [6.45, 7) is 0. The summed E-state index contributed by atoms with van der Waals surface area (Å²) in [7, 11) is 0. The van der Waals surface area contributed by atoms with Crippen molar-refractivity contribution in [1.82, 2.24) is 0 Å². The summed E-state index contributed by atoms with van der Waals surface area (Å²) in [4.78, 5) is 14.7. The van der Waals surface area contributed by atoms with Gasteiger partial charge in [-0.25, -0.2) is 0 Å². The number of hydrogen-bond donors (Lipinski definition) is 1. The normalized spacial score (nSPS) is 27.8. The molecule has 2 N–H and O–H groups in total. The maximum absolute atomic E-state index is 6.62. The molecule has 0 radical (unpaired) electrons. The van der Waals surface area contributed by atoms with E-state index in [4.69, 9.17) is 5.73 Å². The van der Waals surface area contributed by atoms with E-state index in [1.165, 1.54) is 0 Å². The molecular weight excluding hydrogens is 396 g/mol. The van der Waals surface area contributed by atoms with Crippen LogP contribution in [0.15, 0.2) is 21.8 Å². The molecule has 0 aromatic rings. The minimum absolute atomic E-state index is 0.0585. The predicted molar refractivity (Wildman–Crippen MR) is 75.5 cm³/mol. The molecule has 15 heavy (non-hydrogen) atoms. The maximum atomic E-state index is 6.62. The van der Waals surface area contributed by atoms with Gasteiger partial charge in [-0.1, -0.05) is 0 Å². The monoisotopic (exact) mass is 423 g/mol. The molecule has 1 aliphatic rings. The first kappa shape index (κ1) is 14.1. The zero-order chi connectivity index (χ0) is 11.9. The Morgan fingerprint density at radius 1 is 1.13 bits per heavy atom. The van der Waals surface area contributed by atoms with E-state index >= 15 is 0 Å². The topological polar surface area (TPSA) is 26.0 Å². The summed E-state index contributed by atoms with van der Waals surface area (Å²) in [5, 5.41) is 0. The van der Waals surface area contributed by atoms with Crippen molar-refractivity contribution in [3.05, 3.63) is 21.8 Å². The van der Waals surface area contributed by atoms with Crippen LogP contribution in [0, 0.1) is 0 Å². The van der Waals surface area contributed by atoms with Gasteiger partial charge in [0.15, 0.2) is 0 Å². The molecule has 86 valence electrons. The van der Waals surface area contributed by atoms with Crippen LogP contribution in [0.3, 0.4) is 0 Å². The van der Waals surface area contributed by atoms with E-state index < -0.39 is 36.8 Å². The molecule has 0 bridgehead atoms. The van der Waals surface area contributed by atoms with Crippen molar-refractivity contribution in [2.75, 3.05) is 0 Å². The van der Waals surface area contributed by atoms with Crippen molar-refractivity contribution in [2.24, 2.45) is 5.73 Å². The molecule has 0 spiro atoms. The first-order valence-electron chi connectivity index (χ1n) is 5.75. The van der Waals surface area contributed by atoms with E-state index in [2.05, 4.69) is 47.9 Å². The van der Waals surface area contributed by atoms with Crippen LogP contribution in [0.4, 0.5) is 0 Å². The molecule has 1 aliphatic carbocycles. The molecule has 0 aromatic heterocycles. The van der Waals surface area contributed by atoms with Gasteiger partial charge in [-0.15, -0.1) is 0 Å². The quantitative estimate of drug-likeness (QED) is 0.681. The fourth-order valence-electron chi connectivity index (χ4n) is 1.75. The van der Waals surface area contributed by atoms with Crippen molar-refractivity contribution < 1.29 is 0 Å². The second-order valence-electron chi connectivity index (χ2n) is 6.75. The van der Waals surface area contributed by atoms with Crippen LogP contribution in [0.1, 0.15) is 6.42 Å². The fraction of sp³-hybridized carbons (Fsp3) is 0.667. The van der Waals surface area contributed by atoms with E-state index in [0.717, 1.165) is 6.42 Å². The zero-order valence-electron chi connectivity index (χ0n) is 11.0. The predicted octanol–water partition coefficient (Wildman–Crippen LogP) is 3.33. The van der Waals surface area contributed by atoms with E-state index in [0.29, 0.717) is 0 Å². The van der Waals surface area contributed by atoms with Crippen molar-refractivity contribution in [1.29, 1.82) is 0 Å². The first-order valence-corrected chi connectivity index (χ1v) is 25.7. The zero-order valence-corrected chi connectivity index (χ0v) is 16.7. The number of hydrogen-bond acceptors (Lipinski definition) is 1. The second kappa shape index (κ2) is 4.37. The Morgan fingerprint density at radius 3 is 2.07 bits per heavy atom. The van der Waals surface area contributed by atoms with Crippen LogP contribution in [-0.4, -0.2) is 40.3 Å².